The fourth-order valence-electron chi connectivity index (χ4n) is 8.79. The molecule has 0 radical (unpaired) electrons. The Labute approximate surface area is 315 Å². The van der Waals surface area contributed by atoms with E-state index in [1.54, 1.807) is 17.0 Å². The van der Waals surface area contributed by atoms with Crippen LogP contribution in [0, 0.1) is 17.3 Å². The van der Waals surface area contributed by atoms with Crippen LogP contribution in [0.25, 0.3) is 0 Å². The van der Waals surface area contributed by atoms with E-state index in [1.165, 1.54) is 10.0 Å². The van der Waals surface area contributed by atoms with E-state index in [4.69, 9.17) is 4.74 Å². The Bertz CT molecular complexity index is 1710. The van der Waals surface area contributed by atoms with Crippen molar-refractivity contribution in [2.24, 2.45) is 17.3 Å². The lowest BCUT2D eigenvalue weighted by Crippen LogP contribution is -2.58. The number of hydrogen-bond donors (Lipinski definition) is 2. The Morgan fingerprint density at radius 3 is 2.30 bits per heavy atom. The van der Waals surface area contributed by atoms with Crippen LogP contribution in [0.1, 0.15) is 78.7 Å². The van der Waals surface area contributed by atoms with Crippen molar-refractivity contribution in [2.75, 3.05) is 53.4 Å². The Morgan fingerprint density at radius 2 is 1.68 bits per heavy atom. The molecule has 5 aliphatic rings. The van der Waals surface area contributed by atoms with Crippen molar-refractivity contribution in [1.29, 1.82) is 0 Å². The minimum Gasteiger partial charge on any atom is -0.444 e. The molecule has 292 valence electrons. The second kappa shape index (κ2) is 15.3. The van der Waals surface area contributed by atoms with Gasteiger partial charge in [-0.1, -0.05) is 38.1 Å². The highest BCUT2D eigenvalue weighted by Crippen LogP contribution is 2.48. The number of likely N-dealkylation sites (tertiary alicyclic amines) is 1. The van der Waals surface area contributed by atoms with E-state index in [0.29, 0.717) is 55.6 Å². The van der Waals surface area contributed by atoms with Crippen LogP contribution in [0.5, 0.6) is 0 Å². The minimum atomic E-state index is -3.61. The number of sulfonamides is 1. The summed E-state index contributed by atoms with van der Waals surface area (Å²) in [5.41, 5.74) is 2.97. The molecular formula is C39H59N7O6S. The van der Waals surface area contributed by atoms with Crippen molar-refractivity contribution in [3.63, 3.8) is 0 Å². The van der Waals surface area contributed by atoms with Gasteiger partial charge in [0.05, 0.1) is 4.90 Å². The number of benzene rings is 1. The largest absolute Gasteiger partial charge is 0.444 e. The van der Waals surface area contributed by atoms with Gasteiger partial charge < -0.3 is 24.9 Å². The zero-order chi connectivity index (χ0) is 38.3. The van der Waals surface area contributed by atoms with Gasteiger partial charge >= 0.3 is 12.1 Å². The van der Waals surface area contributed by atoms with Crippen molar-refractivity contribution < 1.29 is 27.5 Å². The number of likely N-dealkylation sites (N-methyl/N-ethyl adjacent to an activating group) is 1. The van der Waals surface area contributed by atoms with Gasteiger partial charge in [0.25, 0.3) is 0 Å². The quantitative estimate of drug-likeness (QED) is 0.373. The molecule has 3 fully saturated rings. The van der Waals surface area contributed by atoms with Gasteiger partial charge in [-0.2, -0.15) is 9.31 Å². The SMILES string of the molecule is CC(Cc1ccc(S(=O)(=O)N2CCC(NC(=O)OC(C)(C)C)CC2)cc1)CN1CCC(C2(C)C=CC3=C(C2)N(C)N(C)C3N2CCC(=O)NC2=O)CC1. The number of carbonyl (C=O) groups excluding carboxylic acids is 3. The Morgan fingerprint density at radius 1 is 1.02 bits per heavy atom. The van der Waals surface area contributed by atoms with Gasteiger partial charge in [-0.3, -0.25) is 10.1 Å². The summed E-state index contributed by atoms with van der Waals surface area (Å²) < 4.78 is 33.7. The van der Waals surface area contributed by atoms with E-state index >= 15 is 0 Å². The molecule has 4 amide bonds. The van der Waals surface area contributed by atoms with Crippen LogP contribution in [-0.4, -0.2) is 122 Å². The second-order valence-electron chi connectivity index (χ2n) is 17.0. The molecule has 4 aliphatic heterocycles. The van der Waals surface area contributed by atoms with Crippen LogP contribution in [0.2, 0.25) is 0 Å². The molecule has 0 bridgehead atoms. The molecule has 0 spiro atoms. The van der Waals surface area contributed by atoms with Crippen molar-refractivity contribution >= 4 is 28.1 Å². The zero-order valence-electron chi connectivity index (χ0n) is 32.6. The average molecular weight is 754 g/mol. The van der Waals surface area contributed by atoms with E-state index in [9.17, 15) is 22.8 Å². The molecule has 3 unspecified atom stereocenters. The molecule has 2 N–H and O–H groups in total. The molecule has 6 rings (SSSR count). The fraction of sp³-hybridized carbons (Fsp3) is 0.667. The predicted octanol–water partition coefficient (Wildman–Crippen LogP) is 4.54. The van der Waals surface area contributed by atoms with E-state index in [0.717, 1.165) is 56.5 Å². The lowest BCUT2D eigenvalue weighted by molar-refractivity contribution is -0.122. The molecule has 1 aliphatic carbocycles. The molecular weight excluding hydrogens is 695 g/mol. The summed E-state index contributed by atoms with van der Waals surface area (Å²) >= 11 is 0. The standard InChI is InChI=1S/C39H59N7O6S/c1-27(24-28-8-10-31(11-9-28)53(50,51)45-21-15-30(16-22-45)40-37(49)52-38(2,3)4)26-44-19-13-29(14-20-44)39(5)18-12-32-33(25-39)42(6)43(7)35(32)46-23-17-34(47)41-36(46)48/h8-12,18,27,29-30,35H,13-17,19-26H2,1-7H3,(H,40,49)(H,41,47,48). The highest BCUT2D eigenvalue weighted by molar-refractivity contribution is 7.89. The topological polar surface area (TPSA) is 135 Å². The number of rotatable bonds is 9. The van der Waals surface area contributed by atoms with Gasteiger partial charge in [0.15, 0.2) is 0 Å². The van der Waals surface area contributed by atoms with Crippen LogP contribution >= 0.6 is 0 Å². The summed E-state index contributed by atoms with van der Waals surface area (Å²) in [6.45, 7) is 14.3. The van der Waals surface area contributed by atoms with Gasteiger partial charge in [-0.05, 0) is 107 Å². The number of amides is 4. The Hall–Kier alpha value is -3.46. The molecule has 53 heavy (non-hydrogen) atoms. The number of nitrogens with one attached hydrogen (secondary N) is 2. The van der Waals surface area contributed by atoms with Crippen LogP contribution < -0.4 is 10.6 Å². The molecule has 3 atom stereocenters. The first-order valence-corrected chi connectivity index (χ1v) is 20.7. The zero-order valence-corrected chi connectivity index (χ0v) is 33.4. The van der Waals surface area contributed by atoms with Gasteiger partial charge in [0.1, 0.15) is 11.8 Å². The minimum absolute atomic E-state index is 0.0234. The summed E-state index contributed by atoms with van der Waals surface area (Å²) in [6.07, 6.45) is 9.36. The molecule has 4 heterocycles. The van der Waals surface area contributed by atoms with Crippen molar-refractivity contribution in [3.05, 3.63) is 53.3 Å². The average Bonchev–Trinajstić information content (AvgIpc) is 3.32. The van der Waals surface area contributed by atoms with Gasteiger partial charge in [0.2, 0.25) is 15.9 Å². The smallest absolute Gasteiger partial charge is 0.407 e. The van der Waals surface area contributed by atoms with Gasteiger partial charge in [-0.25, -0.2) is 18.0 Å². The number of ether oxygens (including phenoxy) is 1. The van der Waals surface area contributed by atoms with Crippen molar-refractivity contribution in [1.82, 2.24) is 34.8 Å². The molecule has 1 aromatic rings. The number of urea groups is 1. The van der Waals surface area contributed by atoms with Crippen LogP contribution in [0.15, 0.2) is 52.6 Å². The Kier molecular flexibility index (Phi) is 11.4. The highest BCUT2D eigenvalue weighted by atomic mass is 32.2. The predicted molar refractivity (Wildman–Crippen MR) is 203 cm³/mol. The third-order valence-electron chi connectivity index (χ3n) is 11.8. The molecule has 0 aromatic heterocycles. The van der Waals surface area contributed by atoms with Gasteiger partial charge in [0, 0.05) is 64.0 Å². The molecule has 14 heteroatoms. The van der Waals surface area contributed by atoms with Crippen LogP contribution in [0.4, 0.5) is 9.59 Å². The number of hydrogen-bond acceptors (Lipinski definition) is 9. The summed E-state index contributed by atoms with van der Waals surface area (Å²) in [6, 6.07) is 6.93. The number of piperidine rings is 2. The first-order valence-electron chi connectivity index (χ1n) is 19.2. The first kappa shape index (κ1) is 39.2. The molecule has 3 saturated heterocycles. The first-order chi connectivity index (χ1) is 24.9. The third-order valence-corrected chi connectivity index (χ3v) is 13.7. The van der Waals surface area contributed by atoms with E-state index in [2.05, 4.69) is 58.6 Å². The maximum Gasteiger partial charge on any atom is 0.407 e. The number of carbonyl (C=O) groups is 3. The third kappa shape index (κ3) is 8.76. The highest BCUT2D eigenvalue weighted by Gasteiger charge is 2.46. The van der Waals surface area contributed by atoms with Crippen molar-refractivity contribution in [3.8, 4) is 0 Å². The van der Waals surface area contributed by atoms with E-state index in [1.807, 2.05) is 40.0 Å². The van der Waals surface area contributed by atoms with Gasteiger partial charge in [-0.15, -0.1) is 0 Å². The van der Waals surface area contributed by atoms with E-state index < -0.39 is 21.7 Å². The monoisotopic (exact) mass is 753 g/mol. The summed E-state index contributed by atoms with van der Waals surface area (Å²) in [7, 11) is 0.460. The normalized spacial score (nSPS) is 26.5. The lowest BCUT2D eigenvalue weighted by Gasteiger charge is -2.44. The van der Waals surface area contributed by atoms with Crippen molar-refractivity contribution in [2.45, 2.75) is 102 Å². The second-order valence-corrected chi connectivity index (χ2v) is 19.0. The number of allylic oxidation sites excluding steroid dienone is 2. The maximum atomic E-state index is 13.4. The summed E-state index contributed by atoms with van der Waals surface area (Å²) in [4.78, 5) is 41.3. The molecule has 1 aromatic carbocycles. The molecule has 0 saturated carbocycles. The van der Waals surface area contributed by atoms with Crippen LogP contribution in [-0.2, 0) is 26.0 Å². The Balaban J connectivity index is 0.960. The van der Waals surface area contributed by atoms with E-state index in [-0.39, 0.29) is 29.6 Å². The number of imide groups is 1. The fourth-order valence-corrected chi connectivity index (χ4v) is 10.3. The van der Waals surface area contributed by atoms with Crippen LogP contribution in [0.3, 0.4) is 0 Å². The summed E-state index contributed by atoms with van der Waals surface area (Å²) in [5, 5.41) is 9.63. The number of alkyl carbamates (subject to hydrolysis) is 1. The number of nitrogens with zero attached hydrogens (tertiary/aromatic N) is 5. The maximum absolute atomic E-state index is 13.4. The number of hydrazine groups is 1. The summed E-state index contributed by atoms with van der Waals surface area (Å²) in [5.74, 6) is 0.755. The molecule has 13 nitrogen and oxygen atoms in total. The lowest BCUT2D eigenvalue weighted by atomic mass is 9.67.